The number of aromatic nitrogens is 2. The van der Waals surface area contributed by atoms with Crippen LogP contribution < -0.4 is 5.56 Å². The summed E-state index contributed by atoms with van der Waals surface area (Å²) >= 11 is 0. The maximum atomic E-state index is 13.0. The molecule has 0 aliphatic carbocycles. The molecule has 4 heterocycles. The van der Waals surface area contributed by atoms with Crippen LogP contribution in [0.2, 0.25) is 0 Å². The van der Waals surface area contributed by atoms with Crippen LogP contribution in [0.25, 0.3) is 38.3 Å². The fourth-order valence-corrected chi connectivity index (χ4v) is 3.93. The molecule has 2 aromatic heterocycles. The second kappa shape index (κ2) is 6.73. The van der Waals surface area contributed by atoms with Crippen molar-refractivity contribution in [2.75, 3.05) is 0 Å². The molecular formula is C20H16N5O4-. The average Bonchev–Trinajstić information content (AvgIpc) is 3.08. The van der Waals surface area contributed by atoms with E-state index in [0.29, 0.717) is 23.4 Å². The first-order valence-corrected chi connectivity index (χ1v) is 8.99. The molecule has 9 heteroatoms. The topological polar surface area (TPSA) is 140 Å². The Labute approximate surface area is 164 Å². The fraction of sp³-hybridized carbons (Fsp3) is 0.250. The summed E-state index contributed by atoms with van der Waals surface area (Å²) in [5.41, 5.74) is 15.3. The minimum absolute atomic E-state index is 0.110. The predicted octanol–water partition coefficient (Wildman–Crippen LogP) is 2.95. The molecule has 9 nitrogen and oxygen atoms in total. The highest BCUT2D eigenvalue weighted by atomic mass is 16.6. The first kappa shape index (κ1) is 18.7. The molecule has 2 aliphatic rings. The van der Waals surface area contributed by atoms with Gasteiger partial charge in [0, 0.05) is 16.5 Å². The lowest BCUT2D eigenvalue weighted by Crippen LogP contribution is -2.44. The Kier molecular flexibility index (Phi) is 4.34. The Balaban J connectivity index is 0.000000645. The number of carbonyl (C=O) groups is 1. The third-order valence-electron chi connectivity index (χ3n) is 5.42. The second-order valence-corrected chi connectivity index (χ2v) is 6.88. The number of carbonyl (C=O) groups excluding carboxylic acids is 1. The van der Waals surface area contributed by atoms with E-state index in [0.717, 1.165) is 22.2 Å². The van der Waals surface area contributed by atoms with Crippen molar-refractivity contribution in [1.82, 2.24) is 9.55 Å². The number of esters is 1. The van der Waals surface area contributed by atoms with E-state index in [-0.39, 0.29) is 18.6 Å². The normalized spacial score (nSPS) is 18.6. The van der Waals surface area contributed by atoms with Crippen molar-refractivity contribution in [3.63, 3.8) is 0 Å². The number of ether oxygens (including phenoxy) is 1. The van der Waals surface area contributed by atoms with Crippen LogP contribution in [0, 0.1) is 0 Å². The summed E-state index contributed by atoms with van der Waals surface area (Å²) in [6.07, 6.45) is 0.139. The third-order valence-corrected chi connectivity index (χ3v) is 5.42. The number of nitrogens with zero attached hydrogens (tertiary/aromatic N) is 5. The quantitative estimate of drug-likeness (QED) is 0.230. The molecule has 3 aromatic rings. The lowest BCUT2D eigenvalue weighted by molar-refractivity contribution is -0.172. The van der Waals surface area contributed by atoms with E-state index < -0.39 is 11.6 Å². The number of fused-ring (bicyclic) bond motifs is 5. The zero-order valence-electron chi connectivity index (χ0n) is 15.5. The van der Waals surface area contributed by atoms with Crippen molar-refractivity contribution in [3.8, 4) is 11.4 Å². The van der Waals surface area contributed by atoms with Crippen molar-refractivity contribution in [2.45, 2.75) is 32.1 Å². The van der Waals surface area contributed by atoms with Crippen LogP contribution in [-0.2, 0) is 28.3 Å². The van der Waals surface area contributed by atoms with Gasteiger partial charge in [0.25, 0.3) is 5.56 Å². The number of hydrogen-bond acceptors (Lipinski definition) is 5. The van der Waals surface area contributed by atoms with Gasteiger partial charge in [0.1, 0.15) is 6.61 Å². The summed E-state index contributed by atoms with van der Waals surface area (Å²) < 4.78 is 6.72. The van der Waals surface area contributed by atoms with Crippen LogP contribution in [-0.4, -0.2) is 20.6 Å². The highest BCUT2D eigenvalue weighted by Gasteiger charge is 2.45. The van der Waals surface area contributed by atoms with Gasteiger partial charge >= 0.3 is 5.97 Å². The molecular weight excluding hydrogens is 374 g/mol. The fourth-order valence-electron chi connectivity index (χ4n) is 3.93. The van der Waals surface area contributed by atoms with Crippen LogP contribution in [0.15, 0.2) is 41.2 Å². The minimum Gasteiger partial charge on any atom is -0.458 e. The maximum Gasteiger partial charge on any atom is 0.343 e. The van der Waals surface area contributed by atoms with Gasteiger partial charge in [-0.2, -0.15) is 0 Å². The molecule has 0 bridgehead atoms. The number of rotatable bonds is 1. The van der Waals surface area contributed by atoms with Gasteiger partial charge in [-0.25, -0.2) is 9.78 Å². The number of para-hydroxylation sites is 1. The van der Waals surface area contributed by atoms with Crippen LogP contribution >= 0.6 is 0 Å². The van der Waals surface area contributed by atoms with Crippen LogP contribution in [0.5, 0.6) is 0 Å². The highest BCUT2D eigenvalue weighted by Crippen LogP contribution is 2.38. The molecule has 1 aromatic carbocycles. The molecule has 29 heavy (non-hydrogen) atoms. The summed E-state index contributed by atoms with van der Waals surface area (Å²) in [6, 6.07) is 11.6. The van der Waals surface area contributed by atoms with Crippen molar-refractivity contribution in [2.24, 2.45) is 0 Å². The molecule has 0 fully saturated rings. The SMILES string of the molecule is CC[C@@]1(O)C(=O)OCc2c1cc1n(c2=O)Cc2cc3ccccc3nc2-1.[N-]=[N+]=[N-]. The van der Waals surface area contributed by atoms with Gasteiger partial charge < -0.3 is 25.5 Å². The Morgan fingerprint density at radius 2 is 2.00 bits per heavy atom. The third kappa shape index (κ3) is 2.67. The Morgan fingerprint density at radius 3 is 2.72 bits per heavy atom. The van der Waals surface area contributed by atoms with Crippen molar-refractivity contribution < 1.29 is 14.6 Å². The molecule has 1 atom stereocenters. The molecule has 146 valence electrons. The van der Waals surface area contributed by atoms with Crippen molar-refractivity contribution >= 4 is 16.9 Å². The molecule has 0 spiro atoms. The van der Waals surface area contributed by atoms with Gasteiger partial charge in [-0.3, -0.25) is 9.71 Å². The number of pyridine rings is 2. The smallest absolute Gasteiger partial charge is 0.343 e. The average molecular weight is 390 g/mol. The lowest BCUT2D eigenvalue weighted by Gasteiger charge is -2.31. The molecule has 0 saturated heterocycles. The monoisotopic (exact) mass is 390 g/mol. The van der Waals surface area contributed by atoms with E-state index in [4.69, 9.17) is 20.8 Å². The summed E-state index contributed by atoms with van der Waals surface area (Å²) in [4.78, 5) is 31.4. The molecule has 1 N–H and O–H groups in total. The Morgan fingerprint density at radius 1 is 1.28 bits per heavy atom. The van der Waals surface area contributed by atoms with E-state index >= 15 is 0 Å². The summed E-state index contributed by atoms with van der Waals surface area (Å²) in [7, 11) is 0. The van der Waals surface area contributed by atoms with Gasteiger partial charge in [0.05, 0.1) is 29.0 Å². The summed E-state index contributed by atoms with van der Waals surface area (Å²) in [5, 5.41) is 11.8. The molecule has 0 amide bonds. The van der Waals surface area contributed by atoms with Gasteiger partial charge in [-0.05, 0) is 24.6 Å². The summed E-state index contributed by atoms with van der Waals surface area (Å²) in [6.45, 7) is 2.01. The van der Waals surface area contributed by atoms with Gasteiger partial charge in [0.15, 0.2) is 5.60 Å². The van der Waals surface area contributed by atoms with E-state index in [1.54, 1.807) is 17.6 Å². The van der Waals surface area contributed by atoms with Crippen LogP contribution in [0.1, 0.15) is 30.0 Å². The Hall–Kier alpha value is -3.68. The van der Waals surface area contributed by atoms with Crippen molar-refractivity contribution in [1.29, 1.82) is 0 Å². The minimum atomic E-state index is -1.79. The zero-order valence-corrected chi connectivity index (χ0v) is 15.5. The molecule has 0 saturated carbocycles. The molecule has 2 aliphatic heterocycles. The maximum absolute atomic E-state index is 13.0. The van der Waals surface area contributed by atoms with E-state index in [9.17, 15) is 14.7 Å². The standard InChI is InChI=1S/C20H16N2O4.N3/c1-2-20(25)14-8-16-17-12(7-11-5-3-4-6-15(11)21-17)9-22(16)18(23)13(14)10-26-19(20)24;1-3-2/h3-8,25H,2,9-10H2,1H3;/q;-1/t20-;/m0./s1. The lowest BCUT2D eigenvalue weighted by atomic mass is 9.86. The largest absolute Gasteiger partial charge is 0.458 e. The predicted molar refractivity (Wildman–Crippen MR) is 105 cm³/mol. The number of benzene rings is 1. The van der Waals surface area contributed by atoms with E-state index in [1.807, 2.05) is 30.3 Å². The van der Waals surface area contributed by atoms with Crippen molar-refractivity contribution in [3.05, 3.63) is 79.4 Å². The molecule has 5 rings (SSSR count). The van der Waals surface area contributed by atoms with Crippen LogP contribution in [0.3, 0.4) is 0 Å². The summed E-state index contributed by atoms with van der Waals surface area (Å²) in [5.74, 6) is -0.707. The highest BCUT2D eigenvalue weighted by molar-refractivity contribution is 5.86. The van der Waals surface area contributed by atoms with Gasteiger partial charge in [-0.15, -0.1) is 0 Å². The van der Waals surface area contributed by atoms with E-state index in [1.165, 1.54) is 4.91 Å². The zero-order chi connectivity index (χ0) is 20.8. The number of hydrogen-bond donors (Lipinski definition) is 1. The van der Waals surface area contributed by atoms with Gasteiger partial charge in [-0.1, -0.05) is 25.1 Å². The van der Waals surface area contributed by atoms with Gasteiger partial charge in [0.2, 0.25) is 0 Å². The number of aliphatic hydroxyl groups is 1. The molecule has 0 radical (unpaired) electrons. The second-order valence-electron chi connectivity index (χ2n) is 6.88. The van der Waals surface area contributed by atoms with Crippen LogP contribution in [0.4, 0.5) is 0 Å². The first-order chi connectivity index (χ1) is 13.9. The Bertz CT molecular complexity index is 1260. The van der Waals surface area contributed by atoms with E-state index in [2.05, 4.69) is 0 Å². The first-order valence-electron chi connectivity index (χ1n) is 8.99. The molecule has 0 unspecified atom stereocenters. The number of cyclic esters (lactones) is 1.